The van der Waals surface area contributed by atoms with Gasteiger partial charge in [-0.1, -0.05) is 30.3 Å². The summed E-state index contributed by atoms with van der Waals surface area (Å²) in [6, 6.07) is 13.4. The minimum absolute atomic E-state index is 0.288. The van der Waals surface area contributed by atoms with Crippen molar-refractivity contribution >= 4 is 11.3 Å². The van der Waals surface area contributed by atoms with E-state index >= 15 is 0 Å². The number of halogens is 3. The molecule has 3 heterocycles. The highest BCUT2D eigenvalue weighted by atomic mass is 19.4. The molecule has 0 amide bonds. The number of piperidine rings is 1. The highest BCUT2D eigenvalue weighted by Gasteiger charge is 2.37. The maximum absolute atomic E-state index is 13.9. The molecule has 0 N–H and O–H groups in total. The third-order valence-corrected chi connectivity index (χ3v) is 6.15. The van der Waals surface area contributed by atoms with Crippen molar-refractivity contribution in [2.75, 3.05) is 18.0 Å². The molecule has 1 saturated carbocycles. The van der Waals surface area contributed by atoms with Crippen LogP contribution in [0.2, 0.25) is 0 Å². The van der Waals surface area contributed by atoms with Crippen molar-refractivity contribution in [2.24, 2.45) is 5.92 Å². The second-order valence-corrected chi connectivity index (χ2v) is 8.23. The fourth-order valence-electron chi connectivity index (χ4n) is 4.36. The van der Waals surface area contributed by atoms with Crippen LogP contribution in [0, 0.1) is 5.92 Å². The first-order valence-electron chi connectivity index (χ1n) is 10.2. The normalized spacial score (nSPS) is 18.5. The number of nitrogens with zero attached hydrogens (tertiary/aromatic N) is 4. The topological polar surface area (TPSA) is 33.4 Å². The maximum atomic E-state index is 13.9. The lowest BCUT2D eigenvalue weighted by Gasteiger charge is -2.34. The van der Waals surface area contributed by atoms with Gasteiger partial charge >= 0.3 is 6.18 Å². The van der Waals surface area contributed by atoms with Crippen LogP contribution in [0.1, 0.15) is 48.7 Å². The second-order valence-electron chi connectivity index (χ2n) is 8.23. The highest BCUT2D eigenvalue weighted by molar-refractivity contribution is 5.59. The van der Waals surface area contributed by atoms with Crippen molar-refractivity contribution in [3.05, 3.63) is 59.5 Å². The molecule has 3 aromatic rings. The molecule has 0 radical (unpaired) electrons. The van der Waals surface area contributed by atoms with Crippen LogP contribution in [0.15, 0.2) is 42.5 Å². The van der Waals surface area contributed by atoms with E-state index < -0.39 is 11.9 Å². The summed E-state index contributed by atoms with van der Waals surface area (Å²) in [6.45, 7) is 1.46. The molecule has 0 atom stereocenters. The second kappa shape index (κ2) is 7.04. The highest BCUT2D eigenvalue weighted by Crippen LogP contribution is 2.37. The molecule has 2 fully saturated rings. The average Bonchev–Trinajstić information content (AvgIpc) is 3.46. The smallest absolute Gasteiger partial charge is 0.371 e. The minimum atomic E-state index is -4.45. The average molecular weight is 400 g/mol. The van der Waals surface area contributed by atoms with Crippen LogP contribution in [0.5, 0.6) is 0 Å². The van der Waals surface area contributed by atoms with Crippen molar-refractivity contribution in [2.45, 2.75) is 44.2 Å². The standard InChI is InChI=1S/C22H23F3N4/c23-22(24,25)19-13-18(14-21-27-26-20(29(19)21)12-15-6-7-15)28-10-8-17(9-11-28)16-4-2-1-3-5-16/h1-5,13-15,17H,6-12H2. The molecule has 0 unspecified atom stereocenters. The summed E-state index contributed by atoms with van der Waals surface area (Å²) in [6.07, 6.45) is 0.0884. The monoisotopic (exact) mass is 400 g/mol. The number of fused-ring (bicyclic) bond motifs is 1. The summed E-state index contributed by atoms with van der Waals surface area (Å²) in [5.41, 5.74) is 1.51. The Hall–Kier alpha value is -2.57. The van der Waals surface area contributed by atoms with Gasteiger partial charge in [-0.25, -0.2) is 0 Å². The number of benzene rings is 1. The van der Waals surface area contributed by atoms with E-state index in [2.05, 4.69) is 22.3 Å². The molecule has 29 heavy (non-hydrogen) atoms. The molecule has 0 bridgehead atoms. The van der Waals surface area contributed by atoms with Gasteiger partial charge in [0.25, 0.3) is 0 Å². The number of alkyl halides is 3. The van der Waals surface area contributed by atoms with E-state index in [1.165, 1.54) is 16.0 Å². The molecule has 1 saturated heterocycles. The predicted octanol–water partition coefficient (Wildman–Crippen LogP) is 5.08. The molecule has 5 rings (SSSR count). The molecule has 1 aromatic carbocycles. The molecular weight excluding hydrogens is 377 g/mol. The van der Waals surface area contributed by atoms with Gasteiger partial charge in [0, 0.05) is 31.3 Å². The van der Waals surface area contributed by atoms with Crippen molar-refractivity contribution in [3.8, 4) is 0 Å². The van der Waals surface area contributed by atoms with E-state index in [1.807, 2.05) is 23.1 Å². The van der Waals surface area contributed by atoms with E-state index in [9.17, 15) is 13.2 Å². The fraction of sp³-hybridized carbons (Fsp3) is 0.455. The lowest BCUT2D eigenvalue weighted by atomic mass is 9.89. The SMILES string of the molecule is FC(F)(F)c1cc(N2CCC(c3ccccc3)CC2)cc2nnc(CC3CC3)n12. The van der Waals surface area contributed by atoms with Crippen LogP contribution in [0.25, 0.3) is 5.65 Å². The van der Waals surface area contributed by atoms with E-state index in [0.29, 0.717) is 29.8 Å². The van der Waals surface area contributed by atoms with E-state index in [4.69, 9.17) is 0 Å². The van der Waals surface area contributed by atoms with Gasteiger partial charge in [-0.2, -0.15) is 13.2 Å². The Morgan fingerprint density at radius 3 is 2.31 bits per heavy atom. The summed E-state index contributed by atoms with van der Waals surface area (Å²) < 4.78 is 42.8. The summed E-state index contributed by atoms with van der Waals surface area (Å²) in [7, 11) is 0. The fourth-order valence-corrected chi connectivity index (χ4v) is 4.36. The molecular formula is C22H23F3N4. The summed E-state index contributed by atoms with van der Waals surface area (Å²) in [4.78, 5) is 2.05. The van der Waals surface area contributed by atoms with Gasteiger partial charge in [-0.3, -0.25) is 4.40 Å². The third kappa shape index (κ3) is 3.70. The Morgan fingerprint density at radius 2 is 1.66 bits per heavy atom. The summed E-state index contributed by atoms with van der Waals surface area (Å²) in [5, 5.41) is 8.16. The van der Waals surface area contributed by atoms with Crippen LogP contribution < -0.4 is 4.90 Å². The zero-order valence-corrected chi connectivity index (χ0v) is 16.1. The molecule has 1 aliphatic carbocycles. The van der Waals surface area contributed by atoms with Crippen molar-refractivity contribution in [3.63, 3.8) is 0 Å². The van der Waals surface area contributed by atoms with Gasteiger partial charge in [-0.15, -0.1) is 10.2 Å². The molecule has 152 valence electrons. The van der Waals surface area contributed by atoms with Crippen LogP contribution in [-0.2, 0) is 12.6 Å². The largest absolute Gasteiger partial charge is 0.431 e. The van der Waals surface area contributed by atoms with Gasteiger partial charge in [0.1, 0.15) is 11.5 Å². The van der Waals surface area contributed by atoms with Gasteiger partial charge in [-0.05, 0) is 49.1 Å². The zero-order chi connectivity index (χ0) is 20.0. The first kappa shape index (κ1) is 18.5. The van der Waals surface area contributed by atoms with E-state index in [0.717, 1.165) is 38.8 Å². The van der Waals surface area contributed by atoms with Gasteiger partial charge in [0.2, 0.25) is 0 Å². The Bertz CT molecular complexity index is 1000. The van der Waals surface area contributed by atoms with Crippen LogP contribution in [-0.4, -0.2) is 27.7 Å². The van der Waals surface area contributed by atoms with Gasteiger partial charge in [0.05, 0.1) is 0 Å². The molecule has 0 spiro atoms. The van der Waals surface area contributed by atoms with Crippen LogP contribution in [0.3, 0.4) is 0 Å². The number of aromatic nitrogens is 3. The molecule has 7 heteroatoms. The van der Waals surface area contributed by atoms with E-state index in [-0.39, 0.29) is 5.65 Å². The number of hydrogen-bond acceptors (Lipinski definition) is 3. The van der Waals surface area contributed by atoms with Crippen molar-refractivity contribution in [1.82, 2.24) is 14.6 Å². The first-order chi connectivity index (χ1) is 14.0. The number of anilines is 1. The minimum Gasteiger partial charge on any atom is -0.371 e. The predicted molar refractivity (Wildman–Crippen MR) is 105 cm³/mol. The quantitative estimate of drug-likeness (QED) is 0.612. The Balaban J connectivity index is 1.43. The summed E-state index contributed by atoms with van der Waals surface area (Å²) in [5.74, 6) is 1.32. The van der Waals surface area contributed by atoms with Gasteiger partial charge < -0.3 is 4.90 Å². The van der Waals surface area contributed by atoms with Crippen molar-refractivity contribution in [1.29, 1.82) is 0 Å². The zero-order valence-electron chi connectivity index (χ0n) is 16.1. The summed E-state index contributed by atoms with van der Waals surface area (Å²) >= 11 is 0. The Morgan fingerprint density at radius 1 is 0.931 bits per heavy atom. The maximum Gasteiger partial charge on any atom is 0.431 e. The Labute approximate surface area is 167 Å². The third-order valence-electron chi connectivity index (χ3n) is 6.15. The van der Waals surface area contributed by atoms with Crippen LogP contribution >= 0.6 is 0 Å². The van der Waals surface area contributed by atoms with E-state index in [1.54, 1.807) is 6.07 Å². The number of pyridine rings is 1. The molecule has 1 aliphatic heterocycles. The first-order valence-corrected chi connectivity index (χ1v) is 10.2. The molecule has 2 aromatic heterocycles. The molecule has 4 nitrogen and oxygen atoms in total. The lowest BCUT2D eigenvalue weighted by Crippen LogP contribution is -2.33. The lowest BCUT2D eigenvalue weighted by molar-refractivity contribution is -0.142. The van der Waals surface area contributed by atoms with Crippen LogP contribution in [0.4, 0.5) is 18.9 Å². The van der Waals surface area contributed by atoms with Crippen molar-refractivity contribution < 1.29 is 13.2 Å². The van der Waals surface area contributed by atoms with Gasteiger partial charge in [0.15, 0.2) is 5.65 Å². The Kier molecular flexibility index (Phi) is 4.48. The number of rotatable bonds is 4. The number of hydrogen-bond donors (Lipinski definition) is 0. The molecule has 2 aliphatic rings.